The Morgan fingerprint density at radius 1 is 1.44 bits per heavy atom. The Balaban J connectivity index is 2.47. The van der Waals surface area contributed by atoms with Crippen molar-refractivity contribution in [3.05, 3.63) is 22.1 Å². The molecule has 2 heterocycles. The second-order valence-corrected chi connectivity index (χ2v) is 3.72. The van der Waals surface area contributed by atoms with Gasteiger partial charge in [0.25, 0.3) is 5.91 Å². The van der Waals surface area contributed by atoms with Crippen molar-refractivity contribution in [1.29, 1.82) is 0 Å². The molecule has 0 bridgehead atoms. The molecule has 1 amide bonds. The van der Waals surface area contributed by atoms with Crippen LogP contribution < -0.4 is 5.43 Å². The summed E-state index contributed by atoms with van der Waals surface area (Å²) in [6, 6.07) is 0. The summed E-state index contributed by atoms with van der Waals surface area (Å²) in [4.78, 5) is 24.8. The Kier molecular flexibility index (Phi) is 2.64. The van der Waals surface area contributed by atoms with Gasteiger partial charge in [0.05, 0.1) is 12.7 Å². The van der Waals surface area contributed by atoms with Crippen LogP contribution in [0.5, 0.6) is 5.75 Å². The number of hydrogen-bond acceptors (Lipinski definition) is 4. The Labute approximate surface area is 92.1 Å². The predicted octanol–water partition coefficient (Wildman–Crippen LogP) is -0.185. The predicted molar refractivity (Wildman–Crippen MR) is 56.4 cm³/mol. The number of amides is 1. The zero-order chi connectivity index (χ0) is 11.7. The smallest absolute Gasteiger partial charge is 0.276 e. The molecule has 2 rings (SSSR count). The molecule has 6 heteroatoms. The lowest BCUT2D eigenvalue weighted by Gasteiger charge is -2.28. The van der Waals surface area contributed by atoms with E-state index in [2.05, 4.69) is 5.10 Å². The van der Waals surface area contributed by atoms with E-state index in [1.807, 2.05) is 6.92 Å². The quantitative estimate of drug-likeness (QED) is 0.754. The van der Waals surface area contributed by atoms with Crippen LogP contribution in [0.25, 0.3) is 0 Å². The maximum atomic E-state index is 11.9. The summed E-state index contributed by atoms with van der Waals surface area (Å²) in [6.45, 7) is 3.67. The molecule has 1 aliphatic heterocycles. The van der Waals surface area contributed by atoms with Gasteiger partial charge in [-0.2, -0.15) is 5.10 Å². The van der Waals surface area contributed by atoms with Crippen LogP contribution in [0.1, 0.15) is 23.8 Å². The normalized spacial score (nSPS) is 15.1. The topological polar surface area (TPSA) is 75.4 Å². The van der Waals surface area contributed by atoms with Crippen molar-refractivity contribution in [1.82, 2.24) is 14.7 Å². The molecule has 86 valence electrons. The highest BCUT2D eigenvalue weighted by Crippen LogP contribution is 2.17. The Hall–Kier alpha value is -1.85. The van der Waals surface area contributed by atoms with E-state index in [0.29, 0.717) is 19.6 Å². The van der Waals surface area contributed by atoms with Gasteiger partial charge in [0.15, 0.2) is 11.4 Å². The molecule has 0 fully saturated rings. The molecule has 0 saturated carbocycles. The molecular weight excluding hydrogens is 210 g/mol. The first-order valence-corrected chi connectivity index (χ1v) is 5.23. The SMILES string of the molecule is CCCN1CCn2ncc(=O)c(O)c2C1=O. The zero-order valence-electron chi connectivity index (χ0n) is 9.01. The minimum absolute atomic E-state index is 0.00667. The highest BCUT2D eigenvalue weighted by atomic mass is 16.3. The number of aromatic nitrogens is 2. The second-order valence-electron chi connectivity index (χ2n) is 3.72. The molecule has 0 radical (unpaired) electrons. The first-order chi connectivity index (χ1) is 7.65. The Morgan fingerprint density at radius 3 is 2.88 bits per heavy atom. The average molecular weight is 223 g/mol. The van der Waals surface area contributed by atoms with Crippen molar-refractivity contribution in [3.8, 4) is 5.75 Å². The van der Waals surface area contributed by atoms with Gasteiger partial charge in [0.1, 0.15) is 0 Å². The van der Waals surface area contributed by atoms with Gasteiger partial charge >= 0.3 is 0 Å². The molecule has 0 aromatic carbocycles. The van der Waals surface area contributed by atoms with Crippen LogP contribution in [0, 0.1) is 0 Å². The fraction of sp³-hybridized carbons (Fsp3) is 0.500. The third-order valence-electron chi connectivity index (χ3n) is 2.60. The molecular formula is C10H13N3O3. The highest BCUT2D eigenvalue weighted by molar-refractivity contribution is 5.95. The van der Waals surface area contributed by atoms with E-state index < -0.39 is 11.2 Å². The van der Waals surface area contributed by atoms with Crippen LogP contribution in [0.4, 0.5) is 0 Å². The van der Waals surface area contributed by atoms with Crippen molar-refractivity contribution < 1.29 is 9.90 Å². The summed E-state index contributed by atoms with van der Waals surface area (Å²) in [5.74, 6) is -0.823. The van der Waals surface area contributed by atoms with E-state index in [0.717, 1.165) is 12.6 Å². The van der Waals surface area contributed by atoms with Crippen LogP contribution in [-0.4, -0.2) is 38.8 Å². The van der Waals surface area contributed by atoms with Crippen molar-refractivity contribution in [2.24, 2.45) is 0 Å². The molecule has 1 N–H and O–H groups in total. The van der Waals surface area contributed by atoms with Crippen molar-refractivity contribution in [2.75, 3.05) is 13.1 Å². The summed E-state index contributed by atoms with van der Waals surface area (Å²) in [5, 5.41) is 13.4. The Bertz CT molecular complexity index is 481. The van der Waals surface area contributed by atoms with E-state index in [1.165, 1.54) is 4.68 Å². The maximum Gasteiger partial charge on any atom is 0.276 e. The number of nitrogens with zero attached hydrogens (tertiary/aromatic N) is 3. The lowest BCUT2D eigenvalue weighted by atomic mass is 10.2. The van der Waals surface area contributed by atoms with Crippen LogP contribution >= 0.6 is 0 Å². The van der Waals surface area contributed by atoms with Gasteiger partial charge in [0.2, 0.25) is 5.43 Å². The maximum absolute atomic E-state index is 11.9. The number of rotatable bonds is 2. The van der Waals surface area contributed by atoms with Gasteiger partial charge in [-0.25, -0.2) is 0 Å². The monoisotopic (exact) mass is 223 g/mol. The molecule has 16 heavy (non-hydrogen) atoms. The lowest BCUT2D eigenvalue weighted by Crippen LogP contribution is -2.42. The molecule has 0 saturated heterocycles. The van der Waals surface area contributed by atoms with Gasteiger partial charge in [0, 0.05) is 13.1 Å². The van der Waals surface area contributed by atoms with E-state index >= 15 is 0 Å². The fourth-order valence-electron chi connectivity index (χ4n) is 1.81. The van der Waals surface area contributed by atoms with E-state index in [-0.39, 0.29) is 11.6 Å². The van der Waals surface area contributed by atoms with Crippen LogP contribution in [0.15, 0.2) is 11.0 Å². The standard InChI is InChI=1S/C10H13N3O3/c1-2-3-12-4-5-13-8(10(12)16)9(15)7(14)6-11-13/h6,15H,2-5H2,1H3. The molecule has 0 aliphatic carbocycles. The van der Waals surface area contributed by atoms with Gasteiger partial charge in [-0.1, -0.05) is 6.92 Å². The fourth-order valence-corrected chi connectivity index (χ4v) is 1.81. The number of carbonyl (C=O) groups excluding carboxylic acids is 1. The molecule has 6 nitrogen and oxygen atoms in total. The average Bonchev–Trinajstić information content (AvgIpc) is 2.27. The molecule has 1 aromatic rings. The number of fused-ring (bicyclic) bond motifs is 1. The first-order valence-electron chi connectivity index (χ1n) is 5.23. The van der Waals surface area contributed by atoms with Gasteiger partial charge < -0.3 is 10.0 Å². The molecule has 1 aromatic heterocycles. The summed E-state index contributed by atoms with van der Waals surface area (Å²) >= 11 is 0. The lowest BCUT2D eigenvalue weighted by molar-refractivity contribution is 0.0687. The molecule has 1 aliphatic rings. The molecule has 0 atom stereocenters. The van der Waals surface area contributed by atoms with Crippen LogP contribution in [-0.2, 0) is 6.54 Å². The second kappa shape index (κ2) is 3.96. The number of hydrogen-bond donors (Lipinski definition) is 1. The molecule has 0 spiro atoms. The molecule has 0 unspecified atom stereocenters. The third-order valence-corrected chi connectivity index (χ3v) is 2.60. The van der Waals surface area contributed by atoms with Crippen LogP contribution in [0.3, 0.4) is 0 Å². The summed E-state index contributed by atoms with van der Waals surface area (Å²) in [6.07, 6.45) is 1.87. The van der Waals surface area contributed by atoms with Crippen LogP contribution in [0.2, 0.25) is 0 Å². The highest BCUT2D eigenvalue weighted by Gasteiger charge is 2.28. The van der Waals surface area contributed by atoms with Crippen molar-refractivity contribution in [2.45, 2.75) is 19.9 Å². The Morgan fingerprint density at radius 2 is 2.19 bits per heavy atom. The summed E-state index contributed by atoms with van der Waals surface area (Å²) < 4.78 is 1.38. The number of carbonyl (C=O) groups is 1. The third kappa shape index (κ3) is 1.56. The van der Waals surface area contributed by atoms with Gasteiger partial charge in [-0.15, -0.1) is 0 Å². The summed E-state index contributed by atoms with van der Waals surface area (Å²) in [5.41, 5.74) is -0.606. The van der Waals surface area contributed by atoms with E-state index in [1.54, 1.807) is 4.90 Å². The zero-order valence-corrected chi connectivity index (χ0v) is 9.01. The van der Waals surface area contributed by atoms with Gasteiger partial charge in [-0.05, 0) is 6.42 Å². The largest absolute Gasteiger partial charge is 0.502 e. The summed E-state index contributed by atoms with van der Waals surface area (Å²) in [7, 11) is 0. The van der Waals surface area contributed by atoms with E-state index in [9.17, 15) is 14.7 Å². The van der Waals surface area contributed by atoms with Crippen molar-refractivity contribution in [3.63, 3.8) is 0 Å². The van der Waals surface area contributed by atoms with Crippen molar-refractivity contribution >= 4 is 5.91 Å². The minimum Gasteiger partial charge on any atom is -0.502 e. The van der Waals surface area contributed by atoms with E-state index in [4.69, 9.17) is 0 Å². The first kappa shape index (κ1) is 10.7. The number of aromatic hydroxyl groups is 1. The van der Waals surface area contributed by atoms with Gasteiger partial charge in [-0.3, -0.25) is 14.3 Å². The minimum atomic E-state index is -0.613.